The van der Waals surface area contributed by atoms with E-state index in [1.54, 1.807) is 37.6 Å². The van der Waals surface area contributed by atoms with Crippen LogP contribution in [-0.4, -0.2) is 80.2 Å². The summed E-state index contributed by atoms with van der Waals surface area (Å²) in [6.07, 6.45) is 8.33. The molecule has 1 fully saturated rings. The average molecular weight is 468 g/mol. The molecule has 9 nitrogen and oxygen atoms in total. The predicted molar refractivity (Wildman–Crippen MR) is 121 cm³/mol. The molecule has 0 bridgehead atoms. The van der Waals surface area contributed by atoms with E-state index >= 15 is 4.39 Å². The number of halogens is 1. The van der Waals surface area contributed by atoms with E-state index in [9.17, 15) is 13.2 Å². The van der Waals surface area contributed by atoms with Crippen LogP contribution in [0.5, 0.6) is 0 Å². The van der Waals surface area contributed by atoms with Crippen molar-refractivity contribution in [3.63, 3.8) is 0 Å². The van der Waals surface area contributed by atoms with Gasteiger partial charge in [0.15, 0.2) is 5.82 Å². The van der Waals surface area contributed by atoms with E-state index in [4.69, 9.17) is 4.74 Å². The first kappa shape index (κ1) is 24.2. The number of sulfonamides is 1. The molecule has 1 saturated heterocycles. The van der Waals surface area contributed by atoms with Gasteiger partial charge < -0.3 is 4.74 Å². The smallest absolute Gasteiger partial charge is 0.340 e. The lowest BCUT2D eigenvalue weighted by Gasteiger charge is -2.40. The maximum Gasteiger partial charge on any atom is 0.340 e. The highest BCUT2D eigenvalue weighted by Gasteiger charge is 2.31. The number of amides is 2. The van der Waals surface area contributed by atoms with Gasteiger partial charge in [0.05, 0.1) is 24.6 Å². The first-order valence-corrected chi connectivity index (χ1v) is 12.2. The standard InChI is InChI=1S/C21H30FN5O4S/c1-16-7-4-5-10-27(16)21(28)24-23-19-9-6-8-17(20(19)22)13-25-11-12-26(32(3,29)30)14-18(25)15-31-2/h4-10,16,18,23H,11-15H2,1-3H3,(H,24,28)/t16?,18-/m0/s1. The number of ether oxygens (including phenoxy) is 1. The summed E-state index contributed by atoms with van der Waals surface area (Å²) in [7, 11) is -1.75. The van der Waals surface area contributed by atoms with Gasteiger partial charge in [0.25, 0.3) is 0 Å². The van der Waals surface area contributed by atoms with Crippen LogP contribution in [-0.2, 0) is 21.3 Å². The van der Waals surface area contributed by atoms with Crippen LogP contribution in [0.2, 0.25) is 0 Å². The Morgan fingerprint density at radius 3 is 2.75 bits per heavy atom. The van der Waals surface area contributed by atoms with Crippen molar-refractivity contribution in [3.8, 4) is 0 Å². The molecule has 0 radical (unpaired) electrons. The van der Waals surface area contributed by atoms with Gasteiger partial charge >= 0.3 is 6.03 Å². The quantitative estimate of drug-likeness (QED) is 0.594. The van der Waals surface area contributed by atoms with Crippen molar-refractivity contribution in [2.45, 2.75) is 25.6 Å². The van der Waals surface area contributed by atoms with Crippen molar-refractivity contribution in [2.75, 3.05) is 45.0 Å². The van der Waals surface area contributed by atoms with Gasteiger partial charge in [-0.3, -0.25) is 20.7 Å². The summed E-state index contributed by atoms with van der Waals surface area (Å²) in [4.78, 5) is 15.9. The van der Waals surface area contributed by atoms with Crippen molar-refractivity contribution < 1.29 is 22.3 Å². The van der Waals surface area contributed by atoms with Gasteiger partial charge in [-0.1, -0.05) is 24.3 Å². The number of rotatable bonds is 7. The van der Waals surface area contributed by atoms with Crippen LogP contribution in [0.4, 0.5) is 14.9 Å². The van der Waals surface area contributed by atoms with E-state index < -0.39 is 21.9 Å². The molecule has 2 aliphatic rings. The Morgan fingerprint density at radius 1 is 1.28 bits per heavy atom. The fourth-order valence-corrected chi connectivity index (χ4v) is 4.63. The summed E-state index contributed by atoms with van der Waals surface area (Å²) < 4.78 is 45.7. The molecular weight excluding hydrogens is 437 g/mol. The number of benzene rings is 1. The van der Waals surface area contributed by atoms with E-state index in [1.165, 1.54) is 15.5 Å². The lowest BCUT2D eigenvalue weighted by Crippen LogP contribution is -2.55. The molecule has 2 N–H and O–H groups in total. The van der Waals surface area contributed by atoms with Crippen LogP contribution < -0.4 is 10.9 Å². The first-order chi connectivity index (χ1) is 15.2. The minimum atomic E-state index is -3.30. The average Bonchev–Trinajstić information content (AvgIpc) is 2.75. The summed E-state index contributed by atoms with van der Waals surface area (Å²) in [6.45, 7) is 3.58. The molecule has 2 aliphatic heterocycles. The number of hydrazine groups is 1. The number of piperazine rings is 1. The minimum absolute atomic E-state index is 0.110. The SMILES string of the molecule is COC[C@@H]1CN(S(C)(=O)=O)CCN1Cc1cccc(NNC(=O)N2C=CC=CC2C)c1F. The number of nitrogens with zero attached hydrogens (tertiary/aromatic N) is 3. The molecule has 1 unspecified atom stereocenters. The summed E-state index contributed by atoms with van der Waals surface area (Å²) >= 11 is 0. The van der Waals surface area contributed by atoms with Gasteiger partial charge in [-0.05, 0) is 19.1 Å². The molecule has 32 heavy (non-hydrogen) atoms. The molecule has 2 amide bonds. The van der Waals surface area contributed by atoms with E-state index in [0.717, 1.165) is 0 Å². The zero-order valence-corrected chi connectivity index (χ0v) is 19.3. The van der Waals surface area contributed by atoms with Crippen LogP contribution in [0.3, 0.4) is 0 Å². The molecule has 0 saturated carbocycles. The van der Waals surface area contributed by atoms with Gasteiger partial charge in [-0.25, -0.2) is 17.6 Å². The topological polar surface area (TPSA) is 94.2 Å². The summed E-state index contributed by atoms with van der Waals surface area (Å²) in [6, 6.07) is 4.22. The van der Waals surface area contributed by atoms with E-state index in [0.29, 0.717) is 25.3 Å². The number of hydrogen-bond donors (Lipinski definition) is 2. The van der Waals surface area contributed by atoms with E-state index in [1.807, 2.05) is 24.0 Å². The molecule has 1 aromatic rings. The highest BCUT2D eigenvalue weighted by Crippen LogP contribution is 2.22. The summed E-state index contributed by atoms with van der Waals surface area (Å²) in [5.74, 6) is -0.475. The molecule has 1 aromatic carbocycles. The molecule has 11 heteroatoms. The van der Waals surface area contributed by atoms with Crippen molar-refractivity contribution in [1.82, 2.24) is 19.5 Å². The number of allylic oxidation sites excluding steroid dienone is 2. The Balaban J connectivity index is 1.66. The van der Waals surface area contributed by atoms with Gasteiger partial charge in [-0.15, -0.1) is 0 Å². The lowest BCUT2D eigenvalue weighted by atomic mass is 10.1. The summed E-state index contributed by atoms with van der Waals surface area (Å²) in [5, 5.41) is 0. The van der Waals surface area contributed by atoms with Crippen LogP contribution in [0.15, 0.2) is 42.6 Å². The monoisotopic (exact) mass is 467 g/mol. The molecule has 3 rings (SSSR count). The van der Waals surface area contributed by atoms with E-state index in [-0.39, 0.29) is 30.9 Å². The third-order valence-electron chi connectivity index (χ3n) is 5.57. The number of urea groups is 1. The van der Waals surface area contributed by atoms with Crippen molar-refractivity contribution in [2.24, 2.45) is 0 Å². The maximum atomic E-state index is 15.2. The normalized spacial score (nSPS) is 22.2. The molecular formula is C21H30FN5O4S. The number of nitrogens with one attached hydrogen (secondary N) is 2. The predicted octanol–water partition coefficient (Wildman–Crippen LogP) is 1.73. The number of methoxy groups -OCH3 is 1. The number of carbonyl (C=O) groups is 1. The Hall–Kier alpha value is -2.47. The van der Waals surface area contributed by atoms with Gasteiger partial charge in [0.1, 0.15) is 0 Å². The molecule has 2 atom stereocenters. The zero-order valence-electron chi connectivity index (χ0n) is 18.5. The largest absolute Gasteiger partial charge is 0.383 e. The van der Waals surface area contributed by atoms with Crippen LogP contribution >= 0.6 is 0 Å². The van der Waals surface area contributed by atoms with Gasteiger partial charge in [-0.2, -0.15) is 4.31 Å². The molecule has 0 spiro atoms. The third-order valence-corrected chi connectivity index (χ3v) is 6.84. The van der Waals surface area contributed by atoms with Crippen LogP contribution in [0, 0.1) is 5.82 Å². The highest BCUT2D eigenvalue weighted by atomic mass is 32.2. The van der Waals surface area contributed by atoms with Crippen molar-refractivity contribution in [3.05, 3.63) is 54.0 Å². The number of carbonyl (C=O) groups excluding carboxylic acids is 1. The number of hydrogen-bond acceptors (Lipinski definition) is 6. The Kier molecular flexibility index (Phi) is 7.88. The second-order valence-corrected chi connectivity index (χ2v) is 9.89. The van der Waals surface area contributed by atoms with Crippen LogP contribution in [0.25, 0.3) is 0 Å². The second kappa shape index (κ2) is 10.4. The minimum Gasteiger partial charge on any atom is -0.383 e. The van der Waals surface area contributed by atoms with Crippen molar-refractivity contribution in [1.29, 1.82) is 0 Å². The molecule has 2 heterocycles. The lowest BCUT2D eigenvalue weighted by molar-refractivity contribution is 0.0452. The van der Waals surface area contributed by atoms with Crippen LogP contribution in [0.1, 0.15) is 12.5 Å². The Bertz CT molecular complexity index is 984. The summed E-state index contributed by atoms with van der Waals surface area (Å²) in [5.41, 5.74) is 5.78. The molecule has 0 aliphatic carbocycles. The highest BCUT2D eigenvalue weighted by molar-refractivity contribution is 7.88. The Morgan fingerprint density at radius 2 is 2.06 bits per heavy atom. The zero-order chi connectivity index (χ0) is 23.3. The Labute approximate surface area is 188 Å². The molecule has 0 aromatic heterocycles. The van der Waals surface area contributed by atoms with Crippen molar-refractivity contribution >= 4 is 21.7 Å². The fourth-order valence-electron chi connectivity index (χ4n) is 3.78. The van der Waals surface area contributed by atoms with Gasteiger partial charge in [0.2, 0.25) is 10.0 Å². The van der Waals surface area contributed by atoms with Gasteiger partial charge in [0, 0.05) is 51.1 Å². The molecule has 176 valence electrons. The fraction of sp³-hybridized carbons (Fsp3) is 0.476. The van der Waals surface area contributed by atoms with E-state index in [2.05, 4.69) is 10.9 Å². The number of anilines is 1. The second-order valence-electron chi connectivity index (χ2n) is 7.91. The third kappa shape index (κ3) is 5.85. The maximum absolute atomic E-state index is 15.2. The first-order valence-electron chi connectivity index (χ1n) is 10.4.